The molecule has 0 spiro atoms. The third-order valence-electron chi connectivity index (χ3n) is 7.82. The number of aliphatic carboxylic acids is 1. The van der Waals surface area contributed by atoms with Crippen LogP contribution in [0.1, 0.15) is 61.0 Å². The minimum atomic E-state index is -1.03. The van der Waals surface area contributed by atoms with Crippen molar-refractivity contribution in [1.29, 1.82) is 0 Å². The molecule has 1 unspecified atom stereocenters. The van der Waals surface area contributed by atoms with Crippen LogP contribution in [0.15, 0.2) is 42.6 Å². The van der Waals surface area contributed by atoms with Crippen LogP contribution in [0.2, 0.25) is 0 Å². The molecule has 3 atom stereocenters. The maximum absolute atomic E-state index is 14.0. The highest BCUT2D eigenvalue weighted by atomic mass is 127. The Morgan fingerprint density at radius 2 is 1.76 bits per heavy atom. The van der Waals surface area contributed by atoms with E-state index in [0.29, 0.717) is 0 Å². The summed E-state index contributed by atoms with van der Waals surface area (Å²) in [6.07, 6.45) is 3.66. The van der Waals surface area contributed by atoms with Gasteiger partial charge in [0.15, 0.2) is 0 Å². The zero-order valence-electron chi connectivity index (χ0n) is 26.8. The highest BCUT2D eigenvalue weighted by Gasteiger charge is 2.42. The molecule has 0 fully saturated rings. The van der Waals surface area contributed by atoms with Crippen LogP contribution >= 0.6 is 21.0 Å². The van der Waals surface area contributed by atoms with Crippen molar-refractivity contribution in [3.8, 4) is 0 Å². The Kier molecular flexibility index (Phi) is 11.8. The molecule has 1 aromatic heterocycles. The van der Waals surface area contributed by atoms with E-state index in [1.54, 1.807) is 25.1 Å². The number of likely N-dealkylation sites (N-methyl/N-ethyl adjacent to an activating group) is 2. The number of aromatic nitrogens is 1. The third-order valence-corrected chi connectivity index (χ3v) is 9.09. The van der Waals surface area contributed by atoms with Crippen molar-refractivity contribution in [2.45, 2.75) is 78.9 Å². The van der Waals surface area contributed by atoms with Gasteiger partial charge in [-0.3, -0.25) is 9.59 Å². The molecule has 2 amide bonds. The molecule has 0 saturated carbocycles. The maximum Gasteiger partial charge on any atom is 0.331 e. The van der Waals surface area contributed by atoms with Crippen molar-refractivity contribution >= 4 is 59.0 Å². The average molecular weight is 694 g/mol. The molecular formula is C32H48IN5O4. The van der Waals surface area contributed by atoms with Gasteiger partial charge in [0.25, 0.3) is 0 Å². The predicted octanol–water partition coefficient (Wildman–Crippen LogP) is 4.97. The number of amides is 2. The van der Waals surface area contributed by atoms with E-state index in [1.807, 2.05) is 61.6 Å². The van der Waals surface area contributed by atoms with Gasteiger partial charge in [-0.1, -0.05) is 64.3 Å². The van der Waals surface area contributed by atoms with Crippen molar-refractivity contribution < 1.29 is 19.5 Å². The smallest absolute Gasteiger partial charge is 0.331 e. The van der Waals surface area contributed by atoms with Crippen LogP contribution in [0.5, 0.6) is 0 Å². The molecule has 10 heteroatoms. The lowest BCUT2D eigenvalue weighted by molar-refractivity contribution is -0.141. The first-order valence-electron chi connectivity index (χ1n) is 14.0. The van der Waals surface area contributed by atoms with Gasteiger partial charge in [0, 0.05) is 42.4 Å². The Morgan fingerprint density at radius 1 is 1.14 bits per heavy atom. The van der Waals surface area contributed by atoms with E-state index in [-0.39, 0.29) is 23.3 Å². The van der Waals surface area contributed by atoms with Crippen molar-refractivity contribution in [1.82, 2.24) is 20.1 Å². The number of carbonyl (C=O) groups excluding carboxylic acids is 2. The monoisotopic (exact) mass is 693 g/mol. The first kappa shape index (κ1) is 35.2. The first-order chi connectivity index (χ1) is 19.4. The molecule has 9 nitrogen and oxygen atoms in total. The fourth-order valence-corrected chi connectivity index (χ4v) is 6.16. The molecule has 0 aliphatic rings. The van der Waals surface area contributed by atoms with Gasteiger partial charge in [0.1, 0.15) is 6.04 Å². The molecule has 2 aromatic rings. The van der Waals surface area contributed by atoms with Gasteiger partial charge in [-0.2, -0.15) is 0 Å². The molecule has 0 radical (unpaired) electrons. The lowest BCUT2D eigenvalue weighted by Gasteiger charge is -2.39. The van der Waals surface area contributed by atoms with E-state index in [2.05, 4.69) is 47.3 Å². The van der Waals surface area contributed by atoms with Crippen LogP contribution in [0.3, 0.4) is 0 Å². The summed E-state index contributed by atoms with van der Waals surface area (Å²) in [6.45, 7) is 18.9. The molecule has 1 aromatic carbocycles. The second-order valence-electron chi connectivity index (χ2n) is 12.8. The summed E-state index contributed by atoms with van der Waals surface area (Å²) in [7, 11) is 5.41. The van der Waals surface area contributed by atoms with Crippen LogP contribution in [-0.4, -0.2) is 68.2 Å². The van der Waals surface area contributed by atoms with E-state index in [4.69, 9.17) is 0 Å². The van der Waals surface area contributed by atoms with Crippen LogP contribution < -0.4 is 14.2 Å². The predicted molar refractivity (Wildman–Crippen MR) is 181 cm³/mol. The number of nitrogens with zero attached hydrogens (tertiary/aromatic N) is 2. The molecule has 0 aliphatic carbocycles. The van der Waals surface area contributed by atoms with E-state index in [9.17, 15) is 19.5 Å². The van der Waals surface area contributed by atoms with E-state index in [0.717, 1.165) is 22.2 Å². The summed E-state index contributed by atoms with van der Waals surface area (Å²) in [4.78, 5) is 41.0. The largest absolute Gasteiger partial charge is 0.478 e. The fraction of sp³-hybridized carbons (Fsp3) is 0.531. The van der Waals surface area contributed by atoms with Crippen molar-refractivity contribution in [3.05, 3.63) is 48.2 Å². The lowest BCUT2D eigenvalue weighted by atomic mass is 9.76. The highest BCUT2D eigenvalue weighted by molar-refractivity contribution is 14.2. The van der Waals surface area contributed by atoms with Gasteiger partial charge in [-0.15, -0.1) is 0 Å². The zero-order chi connectivity index (χ0) is 32.2. The number of carboxylic acids is 1. The number of fused-ring (bicyclic) bond motifs is 1. The Bertz CT molecular complexity index is 1400. The zero-order valence-corrected chi connectivity index (χ0v) is 29.0. The number of rotatable bonds is 12. The topological polar surface area (TPSA) is 116 Å². The van der Waals surface area contributed by atoms with E-state index < -0.39 is 55.9 Å². The van der Waals surface area contributed by atoms with Crippen molar-refractivity contribution in [2.24, 2.45) is 18.4 Å². The second-order valence-corrected chi connectivity index (χ2v) is 14.6. The molecule has 2 rings (SSSR count). The standard InChI is InChI=1S/C32H48IN5O4/c1-13-33-36-21-14-15-22-23(18-37(11)25(22)17-21)32(8,9)26(34-10)28(39)35-27(31(5,6)7)29(40)38(12)24(19(2)3)16-20(4)30(41)42/h14-19,24,26-27,34,36H,1H2,2-12H3,(H,35,39)(H,41,42)/b20-16+/t24-,26?,27-/m1/s1. The van der Waals surface area contributed by atoms with Gasteiger partial charge in [-0.05, 0) is 49.6 Å². The van der Waals surface area contributed by atoms with Crippen LogP contribution in [-0.2, 0) is 26.8 Å². The fourth-order valence-electron chi connectivity index (χ4n) is 5.32. The van der Waals surface area contributed by atoms with Gasteiger partial charge < -0.3 is 28.7 Å². The summed E-state index contributed by atoms with van der Waals surface area (Å²) in [5, 5.41) is 16.7. The molecule has 0 aliphatic heterocycles. The SMILES string of the molecule is C=C=INc1ccc2c(C(C)(C)C(NC)C(=O)N[C@H](C(=O)N(C)[C@H](/C=C(\C)C(=O)O)C(C)C)C(C)(C)C)cn(C)c2c1. The molecule has 0 saturated heterocycles. The van der Waals surface area contributed by atoms with Crippen LogP contribution in [0, 0.1) is 11.3 Å². The number of aryl methyl sites for hydroxylation is 1. The van der Waals surface area contributed by atoms with Crippen LogP contribution in [0.25, 0.3) is 10.9 Å². The molecule has 1 heterocycles. The minimum Gasteiger partial charge on any atom is -0.478 e. The van der Waals surface area contributed by atoms with Crippen molar-refractivity contribution in [2.75, 3.05) is 17.6 Å². The van der Waals surface area contributed by atoms with Crippen LogP contribution in [0.4, 0.5) is 5.69 Å². The summed E-state index contributed by atoms with van der Waals surface area (Å²) in [5.41, 5.74) is 1.97. The van der Waals surface area contributed by atoms with Gasteiger partial charge in [0.2, 0.25) is 11.8 Å². The second kappa shape index (κ2) is 14.0. The number of anilines is 1. The Labute approximate surface area is 260 Å². The molecule has 42 heavy (non-hydrogen) atoms. The summed E-state index contributed by atoms with van der Waals surface area (Å²) in [6, 6.07) is 4.25. The highest BCUT2D eigenvalue weighted by Crippen LogP contribution is 2.36. The molecule has 0 bridgehead atoms. The van der Waals surface area contributed by atoms with Gasteiger partial charge in [0.05, 0.1) is 38.6 Å². The first-order valence-corrected chi connectivity index (χ1v) is 16.2. The quantitative estimate of drug-likeness (QED) is 0.142. The molecule has 4 N–H and O–H groups in total. The number of halogens is 1. The summed E-state index contributed by atoms with van der Waals surface area (Å²) in [5.74, 6) is -1.63. The number of benzene rings is 1. The molecular weight excluding hydrogens is 645 g/mol. The lowest BCUT2D eigenvalue weighted by Crippen LogP contribution is -2.61. The third kappa shape index (κ3) is 7.90. The Morgan fingerprint density at radius 3 is 2.26 bits per heavy atom. The Balaban J connectivity index is 2.46. The number of carboxylic acid groups (broad SMARTS) is 1. The number of hydrogen-bond acceptors (Lipinski definition) is 5. The van der Waals surface area contributed by atoms with E-state index in [1.165, 1.54) is 6.92 Å². The maximum atomic E-state index is 14.0. The number of carbonyl (C=O) groups is 3. The number of hydrogen-bond donors (Lipinski definition) is 4. The number of nitrogens with one attached hydrogen (secondary N) is 3. The normalized spacial score (nSPS) is 14.7. The minimum absolute atomic E-state index is 0.0348. The van der Waals surface area contributed by atoms with Crippen molar-refractivity contribution in [3.63, 3.8) is 0 Å². The van der Waals surface area contributed by atoms with E-state index >= 15 is 0 Å². The summed E-state index contributed by atoms with van der Waals surface area (Å²) < 4.78 is 8.38. The van der Waals surface area contributed by atoms with Gasteiger partial charge in [-0.25, -0.2) is 4.79 Å². The van der Waals surface area contributed by atoms with Gasteiger partial charge >= 0.3 is 5.97 Å². The Hall–Kier alpha value is -2.95. The average Bonchev–Trinajstić information content (AvgIpc) is 3.24. The summed E-state index contributed by atoms with van der Waals surface area (Å²) >= 11 is -0.445. The molecule has 232 valence electrons.